The van der Waals surface area contributed by atoms with Crippen LogP contribution >= 0.6 is 0 Å². The molecule has 0 N–H and O–H groups in total. The summed E-state index contributed by atoms with van der Waals surface area (Å²) in [5, 5.41) is 0. The first kappa shape index (κ1) is 14.4. The lowest BCUT2D eigenvalue weighted by Crippen LogP contribution is -2.44. The summed E-state index contributed by atoms with van der Waals surface area (Å²) in [6.07, 6.45) is 7.74. The molecular weight excluding hydrogens is 236 g/mol. The summed E-state index contributed by atoms with van der Waals surface area (Å²) in [7, 11) is 0. The second-order valence-electron chi connectivity index (χ2n) is 5.43. The molecule has 3 heteroatoms. The molecule has 0 spiro atoms. The van der Waals surface area contributed by atoms with Crippen LogP contribution in [0.1, 0.15) is 20.3 Å². The Labute approximate surface area is 117 Å². The second kappa shape index (κ2) is 6.92. The number of rotatable bonds is 4. The quantitative estimate of drug-likeness (QED) is 0.724. The summed E-state index contributed by atoms with van der Waals surface area (Å²) in [6, 6.07) is 0.692. The molecule has 1 atom stereocenters. The van der Waals surface area contributed by atoms with Gasteiger partial charge in [-0.25, -0.2) is 0 Å². The average Bonchev–Trinajstić information content (AvgIpc) is 2.90. The van der Waals surface area contributed by atoms with E-state index in [1.165, 1.54) is 12.1 Å². The number of morpholine rings is 1. The van der Waals surface area contributed by atoms with Gasteiger partial charge >= 0.3 is 0 Å². The van der Waals surface area contributed by atoms with Crippen molar-refractivity contribution in [2.45, 2.75) is 26.3 Å². The Kier molecular flexibility index (Phi) is 5.23. The molecule has 2 aliphatic heterocycles. The first-order chi connectivity index (χ1) is 9.20. The number of allylic oxidation sites excluding steroid dienone is 4. The molecule has 2 fully saturated rings. The van der Waals surface area contributed by atoms with Crippen LogP contribution in [0.3, 0.4) is 0 Å². The number of hydrogen-bond donors (Lipinski definition) is 0. The van der Waals surface area contributed by atoms with Crippen LogP contribution in [0.5, 0.6) is 0 Å². The van der Waals surface area contributed by atoms with Crippen LogP contribution in [0.25, 0.3) is 0 Å². The van der Waals surface area contributed by atoms with Crippen molar-refractivity contribution < 1.29 is 4.74 Å². The highest BCUT2D eigenvalue weighted by Gasteiger charge is 2.28. The van der Waals surface area contributed by atoms with E-state index in [-0.39, 0.29) is 0 Å². The Balaban J connectivity index is 1.91. The molecule has 0 aromatic heterocycles. The van der Waals surface area contributed by atoms with Crippen LogP contribution < -0.4 is 0 Å². The van der Waals surface area contributed by atoms with E-state index in [9.17, 15) is 0 Å². The maximum absolute atomic E-state index is 5.43. The maximum Gasteiger partial charge on any atom is 0.0594 e. The molecule has 0 aromatic carbocycles. The maximum atomic E-state index is 5.43. The highest BCUT2D eigenvalue weighted by molar-refractivity contribution is 5.25. The number of likely N-dealkylation sites (tertiary alicyclic amines) is 1. The fourth-order valence-corrected chi connectivity index (χ4v) is 2.83. The van der Waals surface area contributed by atoms with Crippen molar-refractivity contribution in [3.8, 4) is 0 Å². The van der Waals surface area contributed by atoms with Crippen LogP contribution in [0.2, 0.25) is 0 Å². The van der Waals surface area contributed by atoms with Gasteiger partial charge < -0.3 is 9.64 Å². The van der Waals surface area contributed by atoms with Gasteiger partial charge in [0, 0.05) is 37.9 Å². The first-order valence-electron chi connectivity index (χ1n) is 7.27. The first-order valence-corrected chi connectivity index (χ1v) is 7.27. The molecule has 2 aliphatic rings. The molecule has 3 nitrogen and oxygen atoms in total. The van der Waals surface area contributed by atoms with E-state index in [1.807, 2.05) is 6.92 Å². The highest BCUT2D eigenvalue weighted by Crippen LogP contribution is 2.21. The fourth-order valence-electron chi connectivity index (χ4n) is 2.83. The molecule has 19 heavy (non-hydrogen) atoms. The molecule has 0 aromatic rings. The molecule has 0 saturated carbocycles. The minimum absolute atomic E-state index is 0.692. The summed E-state index contributed by atoms with van der Waals surface area (Å²) < 4.78 is 5.43. The average molecular weight is 262 g/mol. The molecule has 0 aliphatic carbocycles. The largest absolute Gasteiger partial charge is 0.379 e. The molecular formula is C16H26N2O. The molecule has 0 amide bonds. The van der Waals surface area contributed by atoms with Gasteiger partial charge in [0.1, 0.15) is 0 Å². The third-order valence-electron chi connectivity index (χ3n) is 3.92. The van der Waals surface area contributed by atoms with Crippen molar-refractivity contribution in [1.82, 2.24) is 9.80 Å². The molecule has 0 radical (unpaired) electrons. The van der Waals surface area contributed by atoms with E-state index in [2.05, 4.69) is 41.5 Å². The summed E-state index contributed by atoms with van der Waals surface area (Å²) in [5.74, 6) is 0. The summed E-state index contributed by atoms with van der Waals surface area (Å²) in [4.78, 5) is 5.07. The molecule has 2 rings (SSSR count). The lowest BCUT2D eigenvalue weighted by Gasteiger charge is -2.32. The predicted octanol–water partition coefficient (Wildman–Crippen LogP) is 2.43. The number of ether oxygens (including phenoxy) is 1. The number of hydrogen-bond acceptors (Lipinski definition) is 3. The van der Waals surface area contributed by atoms with Crippen molar-refractivity contribution in [3.05, 3.63) is 36.1 Å². The standard InChI is InChI=1S/C16H26N2O/c1-4-15(6-5-14(2)3)18-8-7-16(13-18)17-9-11-19-12-10-17/h4-6,16H,2,7-13H2,1,3H3/b6-5-,15-4+. The minimum Gasteiger partial charge on any atom is -0.379 e. The molecule has 2 heterocycles. The Morgan fingerprint density at radius 2 is 1.95 bits per heavy atom. The van der Waals surface area contributed by atoms with Crippen molar-refractivity contribution in [3.63, 3.8) is 0 Å². The topological polar surface area (TPSA) is 15.7 Å². The zero-order valence-corrected chi connectivity index (χ0v) is 12.3. The molecule has 1 unspecified atom stereocenters. The van der Waals surface area contributed by atoms with Gasteiger partial charge in [-0.1, -0.05) is 24.3 Å². The summed E-state index contributed by atoms with van der Waals surface area (Å²) >= 11 is 0. The van der Waals surface area contributed by atoms with E-state index in [0.717, 1.165) is 45.0 Å². The molecule has 106 valence electrons. The second-order valence-corrected chi connectivity index (χ2v) is 5.43. The van der Waals surface area contributed by atoms with Crippen molar-refractivity contribution in [2.75, 3.05) is 39.4 Å². The third-order valence-corrected chi connectivity index (χ3v) is 3.92. The van der Waals surface area contributed by atoms with Gasteiger partial charge in [0.25, 0.3) is 0 Å². The van der Waals surface area contributed by atoms with Gasteiger partial charge in [-0.3, -0.25) is 4.90 Å². The van der Waals surface area contributed by atoms with Crippen LogP contribution in [0.4, 0.5) is 0 Å². The Morgan fingerprint density at radius 3 is 2.58 bits per heavy atom. The fraction of sp³-hybridized carbons (Fsp3) is 0.625. The summed E-state index contributed by atoms with van der Waals surface area (Å²) in [6.45, 7) is 14.3. The Hall–Kier alpha value is -1.06. The lowest BCUT2D eigenvalue weighted by molar-refractivity contribution is 0.0191. The van der Waals surface area contributed by atoms with E-state index < -0.39 is 0 Å². The molecule has 0 bridgehead atoms. The SMILES string of the molecule is C=C(C)/C=C\C(=C/C)N1CCC(N2CCOCC2)C1. The van der Waals surface area contributed by atoms with Crippen molar-refractivity contribution >= 4 is 0 Å². The zero-order valence-electron chi connectivity index (χ0n) is 12.3. The Morgan fingerprint density at radius 1 is 1.21 bits per heavy atom. The third kappa shape index (κ3) is 3.95. The monoisotopic (exact) mass is 262 g/mol. The van der Waals surface area contributed by atoms with Crippen LogP contribution in [0, 0.1) is 0 Å². The smallest absolute Gasteiger partial charge is 0.0594 e. The van der Waals surface area contributed by atoms with E-state index in [1.54, 1.807) is 0 Å². The van der Waals surface area contributed by atoms with Gasteiger partial charge in [0.05, 0.1) is 13.2 Å². The lowest BCUT2D eigenvalue weighted by atomic mass is 10.2. The van der Waals surface area contributed by atoms with Gasteiger partial charge in [-0.05, 0) is 26.3 Å². The number of nitrogens with zero attached hydrogens (tertiary/aromatic N) is 2. The summed E-state index contributed by atoms with van der Waals surface area (Å²) in [5.41, 5.74) is 2.42. The van der Waals surface area contributed by atoms with Crippen molar-refractivity contribution in [1.29, 1.82) is 0 Å². The predicted molar refractivity (Wildman–Crippen MR) is 80.1 cm³/mol. The normalized spacial score (nSPS) is 26.3. The van der Waals surface area contributed by atoms with Gasteiger partial charge in [-0.15, -0.1) is 0 Å². The highest BCUT2D eigenvalue weighted by atomic mass is 16.5. The van der Waals surface area contributed by atoms with Gasteiger partial charge in [-0.2, -0.15) is 0 Å². The van der Waals surface area contributed by atoms with Gasteiger partial charge in [0.15, 0.2) is 0 Å². The molecule has 2 saturated heterocycles. The Bertz CT molecular complexity index is 367. The van der Waals surface area contributed by atoms with E-state index >= 15 is 0 Å². The van der Waals surface area contributed by atoms with Crippen LogP contribution in [0.15, 0.2) is 36.1 Å². The zero-order chi connectivity index (χ0) is 13.7. The van der Waals surface area contributed by atoms with Crippen molar-refractivity contribution in [2.24, 2.45) is 0 Å². The van der Waals surface area contributed by atoms with Crippen LogP contribution in [-0.2, 0) is 4.74 Å². The minimum atomic E-state index is 0.692. The van der Waals surface area contributed by atoms with E-state index in [0.29, 0.717) is 6.04 Å². The van der Waals surface area contributed by atoms with E-state index in [4.69, 9.17) is 4.74 Å². The van der Waals surface area contributed by atoms with Crippen LogP contribution in [-0.4, -0.2) is 55.2 Å². The van der Waals surface area contributed by atoms with Gasteiger partial charge in [0.2, 0.25) is 0 Å².